The fraction of sp³-hybridized carbons (Fsp3) is 0.231. The van der Waals surface area contributed by atoms with Crippen LogP contribution in [0.4, 0.5) is 0 Å². The van der Waals surface area contributed by atoms with E-state index >= 15 is 0 Å². The molecule has 0 fully saturated rings. The highest BCUT2D eigenvalue weighted by molar-refractivity contribution is 7.81. The SMILES string of the molecule is CCc1nc2nc3cc(Cl)ccc3nc2n1C(=O)CS. The van der Waals surface area contributed by atoms with E-state index in [4.69, 9.17) is 11.6 Å². The molecule has 0 unspecified atom stereocenters. The van der Waals surface area contributed by atoms with Crippen molar-refractivity contribution < 1.29 is 4.79 Å². The van der Waals surface area contributed by atoms with E-state index in [9.17, 15) is 4.79 Å². The molecule has 2 heterocycles. The highest BCUT2D eigenvalue weighted by Gasteiger charge is 2.17. The first kappa shape index (κ1) is 13.3. The number of rotatable bonds is 2. The van der Waals surface area contributed by atoms with E-state index in [0.29, 0.717) is 39.6 Å². The Hall–Kier alpha value is -1.66. The molecule has 0 atom stereocenters. The van der Waals surface area contributed by atoms with Gasteiger partial charge in [-0.1, -0.05) is 18.5 Å². The van der Waals surface area contributed by atoms with Gasteiger partial charge in [-0.15, -0.1) is 0 Å². The Balaban J connectivity index is 2.38. The molecule has 7 heteroatoms. The summed E-state index contributed by atoms with van der Waals surface area (Å²) in [4.78, 5) is 25.3. The standard InChI is InChI=1S/C13H11ClN4OS/c1-2-10-17-12-13(18(10)11(19)6-20)16-8-4-3-7(14)5-9(8)15-12/h3-5,20H,2,6H2,1H3. The van der Waals surface area contributed by atoms with Crippen LogP contribution in [0.1, 0.15) is 17.5 Å². The number of imidazole rings is 1. The summed E-state index contributed by atoms with van der Waals surface area (Å²) >= 11 is 9.99. The summed E-state index contributed by atoms with van der Waals surface area (Å²) in [5, 5.41) is 0.590. The number of nitrogens with zero attached hydrogens (tertiary/aromatic N) is 4. The third kappa shape index (κ3) is 2.05. The molecule has 102 valence electrons. The molecule has 20 heavy (non-hydrogen) atoms. The average molecular weight is 307 g/mol. The summed E-state index contributed by atoms with van der Waals surface area (Å²) in [5.74, 6) is 0.578. The number of carbonyl (C=O) groups is 1. The van der Waals surface area contributed by atoms with Gasteiger partial charge in [0.1, 0.15) is 5.82 Å². The van der Waals surface area contributed by atoms with Gasteiger partial charge in [0.2, 0.25) is 5.91 Å². The molecule has 0 aliphatic carbocycles. The third-order valence-electron chi connectivity index (χ3n) is 3.00. The van der Waals surface area contributed by atoms with E-state index in [1.807, 2.05) is 6.92 Å². The van der Waals surface area contributed by atoms with E-state index in [0.717, 1.165) is 0 Å². The highest BCUT2D eigenvalue weighted by atomic mass is 35.5. The lowest BCUT2D eigenvalue weighted by atomic mass is 10.3. The van der Waals surface area contributed by atoms with Gasteiger partial charge in [0.05, 0.1) is 16.8 Å². The van der Waals surface area contributed by atoms with E-state index < -0.39 is 0 Å². The Morgan fingerprint density at radius 3 is 2.80 bits per heavy atom. The van der Waals surface area contributed by atoms with Crippen molar-refractivity contribution in [1.29, 1.82) is 0 Å². The van der Waals surface area contributed by atoms with Crippen LogP contribution >= 0.6 is 24.2 Å². The number of benzene rings is 1. The lowest BCUT2D eigenvalue weighted by molar-refractivity contribution is 0.0943. The number of fused-ring (bicyclic) bond motifs is 2. The summed E-state index contributed by atoms with van der Waals surface area (Å²) < 4.78 is 1.49. The van der Waals surface area contributed by atoms with Gasteiger partial charge in [-0.2, -0.15) is 12.6 Å². The second-order valence-electron chi connectivity index (χ2n) is 4.27. The zero-order valence-electron chi connectivity index (χ0n) is 10.7. The zero-order chi connectivity index (χ0) is 14.3. The maximum absolute atomic E-state index is 12.0. The van der Waals surface area contributed by atoms with Crippen molar-refractivity contribution in [2.24, 2.45) is 0 Å². The molecule has 0 saturated carbocycles. The van der Waals surface area contributed by atoms with Crippen molar-refractivity contribution in [1.82, 2.24) is 19.5 Å². The van der Waals surface area contributed by atoms with Crippen LogP contribution < -0.4 is 0 Å². The molecule has 0 bridgehead atoms. The molecule has 0 spiro atoms. The van der Waals surface area contributed by atoms with Crippen LogP contribution in [0.2, 0.25) is 5.02 Å². The summed E-state index contributed by atoms with van der Waals surface area (Å²) in [5.41, 5.74) is 2.26. The van der Waals surface area contributed by atoms with Crippen LogP contribution in [-0.2, 0) is 6.42 Å². The summed E-state index contributed by atoms with van der Waals surface area (Å²) in [6, 6.07) is 5.25. The normalized spacial score (nSPS) is 11.3. The predicted molar refractivity (Wildman–Crippen MR) is 81.7 cm³/mol. The zero-order valence-corrected chi connectivity index (χ0v) is 12.3. The minimum absolute atomic E-state index is 0.0960. The van der Waals surface area contributed by atoms with E-state index in [-0.39, 0.29) is 11.7 Å². The van der Waals surface area contributed by atoms with Crippen molar-refractivity contribution in [3.63, 3.8) is 0 Å². The van der Waals surface area contributed by atoms with Crippen molar-refractivity contribution >= 4 is 52.5 Å². The molecule has 0 radical (unpaired) electrons. The number of aromatic nitrogens is 4. The molecule has 0 N–H and O–H groups in total. The minimum Gasteiger partial charge on any atom is -0.273 e. The molecule has 0 saturated heterocycles. The van der Waals surface area contributed by atoms with Gasteiger partial charge in [-0.05, 0) is 18.2 Å². The van der Waals surface area contributed by atoms with Crippen LogP contribution in [0.5, 0.6) is 0 Å². The van der Waals surface area contributed by atoms with E-state index in [2.05, 4.69) is 27.6 Å². The molecule has 0 aliphatic heterocycles. The van der Waals surface area contributed by atoms with Crippen molar-refractivity contribution in [2.75, 3.05) is 5.75 Å². The smallest absolute Gasteiger partial charge is 0.243 e. The van der Waals surface area contributed by atoms with Crippen molar-refractivity contribution in [3.05, 3.63) is 29.0 Å². The fourth-order valence-electron chi connectivity index (χ4n) is 2.10. The predicted octanol–water partition coefficient (Wildman–Crippen LogP) is 2.77. The second kappa shape index (κ2) is 5.03. The highest BCUT2D eigenvalue weighted by Crippen LogP contribution is 2.20. The van der Waals surface area contributed by atoms with Crippen LogP contribution in [0.3, 0.4) is 0 Å². The van der Waals surface area contributed by atoms with E-state index in [1.165, 1.54) is 4.57 Å². The number of carbonyl (C=O) groups excluding carboxylic acids is 1. The topological polar surface area (TPSA) is 60.7 Å². The Bertz CT molecular complexity index is 830. The molecular formula is C13H11ClN4OS. The fourth-order valence-corrected chi connectivity index (χ4v) is 2.41. The Labute approximate surface area is 125 Å². The van der Waals surface area contributed by atoms with Crippen LogP contribution in [0.25, 0.3) is 22.3 Å². The molecular weight excluding hydrogens is 296 g/mol. The maximum Gasteiger partial charge on any atom is 0.243 e. The van der Waals surface area contributed by atoms with Gasteiger partial charge in [-0.3, -0.25) is 4.79 Å². The average Bonchev–Trinajstić information content (AvgIpc) is 2.81. The summed E-state index contributed by atoms with van der Waals surface area (Å²) in [7, 11) is 0. The number of hydrogen-bond donors (Lipinski definition) is 1. The quantitative estimate of drug-likeness (QED) is 0.740. The number of thiol groups is 1. The number of halogens is 1. The molecule has 1 aromatic carbocycles. The lowest BCUT2D eigenvalue weighted by Crippen LogP contribution is -2.15. The van der Waals surface area contributed by atoms with Crippen LogP contribution in [0, 0.1) is 0 Å². The van der Waals surface area contributed by atoms with Gasteiger partial charge >= 0.3 is 0 Å². The number of hydrogen-bond acceptors (Lipinski definition) is 5. The Kier molecular flexibility index (Phi) is 3.35. The molecule has 3 aromatic rings. The van der Waals surface area contributed by atoms with Crippen LogP contribution in [0.15, 0.2) is 18.2 Å². The molecule has 0 amide bonds. The first-order valence-corrected chi connectivity index (χ1v) is 7.13. The molecule has 3 rings (SSSR count). The van der Waals surface area contributed by atoms with Gasteiger partial charge in [0, 0.05) is 11.4 Å². The van der Waals surface area contributed by atoms with Gasteiger partial charge in [0.15, 0.2) is 11.3 Å². The first-order valence-electron chi connectivity index (χ1n) is 6.12. The molecule has 2 aromatic heterocycles. The Morgan fingerprint density at radius 2 is 2.10 bits per heavy atom. The van der Waals surface area contributed by atoms with Gasteiger partial charge in [0.25, 0.3) is 0 Å². The first-order chi connectivity index (χ1) is 9.63. The lowest BCUT2D eigenvalue weighted by Gasteiger charge is -2.03. The number of aryl methyl sites for hydroxylation is 1. The van der Waals surface area contributed by atoms with Crippen molar-refractivity contribution in [2.45, 2.75) is 13.3 Å². The Morgan fingerprint density at radius 1 is 1.30 bits per heavy atom. The third-order valence-corrected chi connectivity index (χ3v) is 3.50. The van der Waals surface area contributed by atoms with Gasteiger partial charge in [-0.25, -0.2) is 19.5 Å². The summed E-state index contributed by atoms with van der Waals surface area (Å²) in [6.07, 6.45) is 0.620. The molecule has 5 nitrogen and oxygen atoms in total. The van der Waals surface area contributed by atoms with Crippen LogP contribution in [-0.4, -0.2) is 31.2 Å². The molecule has 0 aliphatic rings. The largest absolute Gasteiger partial charge is 0.273 e. The monoisotopic (exact) mass is 306 g/mol. The van der Waals surface area contributed by atoms with E-state index in [1.54, 1.807) is 18.2 Å². The minimum atomic E-state index is -0.157. The van der Waals surface area contributed by atoms with Crippen molar-refractivity contribution in [3.8, 4) is 0 Å². The second-order valence-corrected chi connectivity index (χ2v) is 5.03. The van der Waals surface area contributed by atoms with Gasteiger partial charge < -0.3 is 0 Å². The summed E-state index contributed by atoms with van der Waals surface area (Å²) in [6.45, 7) is 1.93. The maximum atomic E-state index is 12.0.